The summed E-state index contributed by atoms with van der Waals surface area (Å²) >= 11 is 3.16. The molecule has 104 valence electrons. The Bertz CT molecular complexity index is 762. The van der Waals surface area contributed by atoms with Gasteiger partial charge in [0.2, 0.25) is 5.76 Å². The molecular formula is C17H11BrO3. The van der Waals surface area contributed by atoms with E-state index in [0.717, 1.165) is 11.1 Å². The monoisotopic (exact) mass is 342 g/mol. The Balaban J connectivity index is 1.91. The van der Waals surface area contributed by atoms with E-state index in [1.165, 1.54) is 0 Å². The lowest BCUT2D eigenvalue weighted by Gasteiger charge is -2.09. The van der Waals surface area contributed by atoms with Gasteiger partial charge in [-0.3, -0.25) is 0 Å². The van der Waals surface area contributed by atoms with E-state index in [9.17, 15) is 4.79 Å². The maximum Gasteiger partial charge on any atom is 0.379 e. The van der Waals surface area contributed by atoms with Crippen molar-refractivity contribution in [3.8, 4) is 16.9 Å². The first-order chi connectivity index (χ1) is 10.2. The first-order valence-electron chi connectivity index (χ1n) is 6.36. The zero-order valence-electron chi connectivity index (χ0n) is 11.0. The molecule has 3 aromatic rings. The molecule has 0 aliphatic rings. The molecule has 1 heterocycles. The molecule has 0 spiro atoms. The van der Waals surface area contributed by atoms with Gasteiger partial charge in [0.15, 0.2) is 4.67 Å². The third-order valence-corrected chi connectivity index (χ3v) is 3.38. The van der Waals surface area contributed by atoms with Gasteiger partial charge in [0.1, 0.15) is 5.75 Å². The Morgan fingerprint density at radius 3 is 2.33 bits per heavy atom. The smallest absolute Gasteiger partial charge is 0.379 e. The Kier molecular flexibility index (Phi) is 3.88. The largest absolute Gasteiger partial charge is 0.442 e. The van der Waals surface area contributed by atoms with Crippen LogP contribution in [-0.4, -0.2) is 5.97 Å². The molecule has 3 rings (SSSR count). The Hall–Kier alpha value is -2.33. The SMILES string of the molecule is O=C(Oc1ccccc1-c1ccccc1)c1ccc(Br)o1. The highest BCUT2D eigenvalue weighted by Gasteiger charge is 2.15. The molecule has 1 aromatic heterocycles. The second-order valence-corrected chi connectivity index (χ2v) is 5.14. The molecule has 0 aliphatic carbocycles. The van der Waals surface area contributed by atoms with Gasteiger partial charge in [0.25, 0.3) is 0 Å². The summed E-state index contributed by atoms with van der Waals surface area (Å²) in [5.41, 5.74) is 1.85. The topological polar surface area (TPSA) is 39.4 Å². The lowest BCUT2D eigenvalue weighted by atomic mass is 10.1. The first kappa shape index (κ1) is 13.6. The number of carbonyl (C=O) groups excluding carboxylic acids is 1. The van der Waals surface area contributed by atoms with Gasteiger partial charge in [-0.05, 0) is 39.7 Å². The lowest BCUT2D eigenvalue weighted by Crippen LogP contribution is -2.07. The van der Waals surface area contributed by atoms with Gasteiger partial charge in [-0.15, -0.1) is 0 Å². The van der Waals surface area contributed by atoms with Crippen LogP contribution in [0.15, 0.2) is 75.8 Å². The molecule has 21 heavy (non-hydrogen) atoms. The number of halogens is 1. The minimum atomic E-state index is -0.524. The number of furan rings is 1. The van der Waals surface area contributed by atoms with E-state index in [0.29, 0.717) is 10.4 Å². The minimum Gasteiger partial charge on any atom is -0.442 e. The van der Waals surface area contributed by atoms with Gasteiger partial charge in [0, 0.05) is 5.56 Å². The van der Waals surface area contributed by atoms with Crippen LogP contribution in [0.2, 0.25) is 0 Å². The van der Waals surface area contributed by atoms with Crippen molar-refractivity contribution >= 4 is 21.9 Å². The fourth-order valence-corrected chi connectivity index (χ4v) is 2.29. The second kappa shape index (κ2) is 5.97. The highest BCUT2D eigenvalue weighted by atomic mass is 79.9. The molecule has 0 atom stereocenters. The lowest BCUT2D eigenvalue weighted by molar-refractivity contribution is 0.0701. The number of hydrogen-bond acceptors (Lipinski definition) is 3. The number of esters is 1. The predicted molar refractivity (Wildman–Crippen MR) is 83.2 cm³/mol. The van der Waals surface area contributed by atoms with Crippen LogP contribution in [0.4, 0.5) is 0 Å². The molecule has 3 nitrogen and oxygen atoms in total. The molecule has 0 radical (unpaired) electrons. The van der Waals surface area contributed by atoms with E-state index < -0.39 is 5.97 Å². The van der Waals surface area contributed by atoms with Crippen molar-refractivity contribution < 1.29 is 13.9 Å². The van der Waals surface area contributed by atoms with Crippen LogP contribution < -0.4 is 4.74 Å². The standard InChI is InChI=1S/C17H11BrO3/c18-16-11-10-15(20-16)17(19)21-14-9-5-4-8-13(14)12-6-2-1-3-7-12/h1-11H. The fourth-order valence-electron chi connectivity index (χ4n) is 1.99. The Labute approximate surface area is 130 Å². The first-order valence-corrected chi connectivity index (χ1v) is 7.15. The average Bonchev–Trinajstić information content (AvgIpc) is 2.95. The van der Waals surface area contributed by atoms with Crippen LogP contribution in [0.1, 0.15) is 10.6 Å². The number of ether oxygens (including phenoxy) is 1. The van der Waals surface area contributed by atoms with Crippen LogP contribution in [-0.2, 0) is 0 Å². The van der Waals surface area contributed by atoms with Gasteiger partial charge in [-0.25, -0.2) is 4.79 Å². The van der Waals surface area contributed by atoms with E-state index in [-0.39, 0.29) is 5.76 Å². The number of hydrogen-bond donors (Lipinski definition) is 0. The van der Waals surface area contributed by atoms with Gasteiger partial charge < -0.3 is 9.15 Å². The molecule has 4 heteroatoms. The van der Waals surface area contributed by atoms with Gasteiger partial charge >= 0.3 is 5.97 Å². The van der Waals surface area contributed by atoms with Crippen LogP contribution in [0.25, 0.3) is 11.1 Å². The minimum absolute atomic E-state index is 0.157. The molecule has 0 amide bonds. The second-order valence-electron chi connectivity index (χ2n) is 4.36. The Morgan fingerprint density at radius 2 is 1.62 bits per heavy atom. The van der Waals surface area contributed by atoms with E-state index in [2.05, 4.69) is 15.9 Å². The van der Waals surface area contributed by atoms with E-state index in [1.54, 1.807) is 18.2 Å². The van der Waals surface area contributed by atoms with E-state index in [1.807, 2.05) is 48.5 Å². The molecule has 0 fully saturated rings. The van der Waals surface area contributed by atoms with Crippen molar-refractivity contribution in [2.75, 3.05) is 0 Å². The summed E-state index contributed by atoms with van der Waals surface area (Å²) in [7, 11) is 0. The molecule has 0 saturated heterocycles. The van der Waals surface area contributed by atoms with E-state index >= 15 is 0 Å². The maximum absolute atomic E-state index is 12.1. The summed E-state index contributed by atoms with van der Waals surface area (Å²) in [4.78, 5) is 12.1. The van der Waals surface area contributed by atoms with Crippen molar-refractivity contribution in [2.45, 2.75) is 0 Å². The Morgan fingerprint density at radius 1 is 0.905 bits per heavy atom. The molecule has 0 aliphatic heterocycles. The third-order valence-electron chi connectivity index (χ3n) is 2.95. The van der Waals surface area contributed by atoms with Crippen LogP contribution in [0, 0.1) is 0 Å². The summed E-state index contributed by atoms with van der Waals surface area (Å²) in [5.74, 6) is 0.134. The maximum atomic E-state index is 12.1. The molecule has 0 unspecified atom stereocenters. The van der Waals surface area contributed by atoms with Gasteiger partial charge in [-0.1, -0.05) is 48.5 Å². The van der Waals surface area contributed by atoms with Crippen molar-refractivity contribution in [1.82, 2.24) is 0 Å². The van der Waals surface area contributed by atoms with Crippen molar-refractivity contribution in [3.05, 3.63) is 77.2 Å². The molecule has 0 saturated carbocycles. The molecular weight excluding hydrogens is 332 g/mol. The van der Waals surface area contributed by atoms with Crippen LogP contribution in [0.5, 0.6) is 5.75 Å². The summed E-state index contributed by atoms with van der Waals surface area (Å²) in [5, 5.41) is 0. The van der Waals surface area contributed by atoms with Gasteiger partial charge in [-0.2, -0.15) is 0 Å². The number of rotatable bonds is 3. The zero-order chi connectivity index (χ0) is 14.7. The average molecular weight is 343 g/mol. The summed E-state index contributed by atoms with van der Waals surface area (Å²) < 4.78 is 11.1. The number of para-hydroxylation sites is 1. The molecule has 0 bridgehead atoms. The van der Waals surface area contributed by atoms with Gasteiger partial charge in [0.05, 0.1) is 0 Å². The van der Waals surface area contributed by atoms with Crippen molar-refractivity contribution in [1.29, 1.82) is 0 Å². The normalized spacial score (nSPS) is 10.3. The predicted octanol–water partition coefficient (Wildman–Crippen LogP) is 4.93. The summed E-state index contributed by atoms with van der Waals surface area (Å²) in [6.45, 7) is 0. The fraction of sp³-hybridized carbons (Fsp3) is 0. The summed E-state index contributed by atoms with van der Waals surface area (Å²) in [6, 6.07) is 20.4. The zero-order valence-corrected chi connectivity index (χ0v) is 12.5. The number of carbonyl (C=O) groups is 1. The number of benzene rings is 2. The van der Waals surface area contributed by atoms with Crippen LogP contribution in [0.3, 0.4) is 0 Å². The van der Waals surface area contributed by atoms with Crippen molar-refractivity contribution in [3.63, 3.8) is 0 Å². The highest BCUT2D eigenvalue weighted by Crippen LogP contribution is 2.30. The summed E-state index contributed by atoms with van der Waals surface area (Å²) in [6.07, 6.45) is 0. The van der Waals surface area contributed by atoms with Crippen molar-refractivity contribution in [2.24, 2.45) is 0 Å². The third kappa shape index (κ3) is 3.06. The van der Waals surface area contributed by atoms with Crippen LogP contribution >= 0.6 is 15.9 Å². The molecule has 0 N–H and O–H groups in total. The highest BCUT2D eigenvalue weighted by molar-refractivity contribution is 9.10. The molecule has 2 aromatic carbocycles. The van der Waals surface area contributed by atoms with E-state index in [4.69, 9.17) is 9.15 Å². The quantitative estimate of drug-likeness (QED) is 0.500.